The Hall–Kier alpha value is -0.900. The van der Waals surface area contributed by atoms with Crippen molar-refractivity contribution in [1.29, 1.82) is 0 Å². The Balaban J connectivity index is 3.09. The van der Waals surface area contributed by atoms with E-state index in [1.54, 1.807) is 13.0 Å². The smallest absolute Gasteiger partial charge is 0.405 e. The van der Waals surface area contributed by atoms with Crippen LogP contribution >= 0.6 is 11.6 Å². The van der Waals surface area contributed by atoms with E-state index in [2.05, 4.69) is 4.74 Å². The third kappa shape index (κ3) is 2.80. The molecule has 0 saturated heterocycles. The number of ether oxygens (including phenoxy) is 1. The summed E-state index contributed by atoms with van der Waals surface area (Å²) in [5, 5.41) is 0.268. The van der Waals surface area contributed by atoms with E-state index in [-0.39, 0.29) is 16.3 Å². The molecule has 0 amide bonds. The highest BCUT2D eigenvalue weighted by Gasteiger charge is 2.32. The third-order valence-corrected chi connectivity index (χ3v) is 2.06. The van der Waals surface area contributed by atoms with Crippen molar-refractivity contribution in [2.45, 2.75) is 20.2 Å². The fraction of sp³-hybridized carbons (Fsp3) is 0.333. The van der Waals surface area contributed by atoms with Crippen LogP contribution in [0.5, 0.6) is 5.75 Å². The summed E-state index contributed by atoms with van der Waals surface area (Å²) in [7, 11) is 0. The highest BCUT2D eigenvalue weighted by Crippen LogP contribution is 2.31. The van der Waals surface area contributed by atoms with Gasteiger partial charge in [0, 0.05) is 10.6 Å². The molecule has 0 aliphatic carbocycles. The van der Waals surface area contributed by atoms with Crippen molar-refractivity contribution in [2.75, 3.05) is 0 Å². The zero-order valence-corrected chi connectivity index (χ0v) is 8.33. The number of benzene rings is 1. The third-order valence-electron chi connectivity index (χ3n) is 1.67. The van der Waals surface area contributed by atoms with Crippen molar-refractivity contribution in [3.63, 3.8) is 0 Å². The van der Waals surface area contributed by atoms with Gasteiger partial charge < -0.3 is 4.74 Å². The molecule has 0 heterocycles. The lowest BCUT2D eigenvalue weighted by Gasteiger charge is -2.12. The number of hydrogen-bond donors (Lipinski definition) is 0. The van der Waals surface area contributed by atoms with Gasteiger partial charge in [0.15, 0.2) is 0 Å². The van der Waals surface area contributed by atoms with E-state index in [1.807, 2.05) is 0 Å². The first-order chi connectivity index (χ1) is 6.29. The van der Waals surface area contributed by atoms with Gasteiger partial charge in [-0.15, -0.1) is 13.2 Å². The normalized spacial score (nSPS) is 11.6. The van der Waals surface area contributed by atoms with Gasteiger partial charge >= 0.3 is 6.36 Å². The fourth-order valence-corrected chi connectivity index (χ4v) is 1.28. The highest BCUT2D eigenvalue weighted by molar-refractivity contribution is 6.31. The number of alkyl halides is 3. The Morgan fingerprint density at radius 2 is 1.79 bits per heavy atom. The van der Waals surface area contributed by atoms with Crippen LogP contribution in [0.1, 0.15) is 11.1 Å². The van der Waals surface area contributed by atoms with Gasteiger partial charge in [0.05, 0.1) is 0 Å². The summed E-state index contributed by atoms with van der Waals surface area (Å²) in [6, 6.07) is 2.88. The van der Waals surface area contributed by atoms with Gasteiger partial charge in [-0.1, -0.05) is 11.6 Å². The Morgan fingerprint density at radius 1 is 1.21 bits per heavy atom. The van der Waals surface area contributed by atoms with Crippen LogP contribution in [0.3, 0.4) is 0 Å². The molecule has 0 aliphatic heterocycles. The first-order valence-electron chi connectivity index (χ1n) is 3.82. The molecule has 0 aromatic heterocycles. The van der Waals surface area contributed by atoms with E-state index >= 15 is 0 Å². The van der Waals surface area contributed by atoms with Crippen molar-refractivity contribution >= 4 is 11.6 Å². The monoisotopic (exact) mass is 224 g/mol. The van der Waals surface area contributed by atoms with Gasteiger partial charge in [-0.3, -0.25) is 0 Å². The van der Waals surface area contributed by atoms with E-state index in [0.29, 0.717) is 5.56 Å². The average Bonchev–Trinajstić information content (AvgIpc) is 1.96. The average molecular weight is 225 g/mol. The molecule has 1 aromatic carbocycles. The van der Waals surface area contributed by atoms with Crippen LogP contribution in [0.4, 0.5) is 13.2 Å². The second-order valence-corrected chi connectivity index (χ2v) is 3.32. The van der Waals surface area contributed by atoms with Gasteiger partial charge in [0.1, 0.15) is 5.75 Å². The predicted molar refractivity (Wildman–Crippen MR) is 47.6 cm³/mol. The summed E-state index contributed by atoms with van der Waals surface area (Å²) in [6.45, 7) is 3.12. The van der Waals surface area contributed by atoms with E-state index in [9.17, 15) is 13.2 Å². The minimum absolute atomic E-state index is 0.248. The minimum atomic E-state index is -4.68. The molecule has 0 atom stereocenters. The van der Waals surface area contributed by atoms with E-state index in [4.69, 9.17) is 11.6 Å². The number of rotatable bonds is 1. The van der Waals surface area contributed by atoms with Crippen LogP contribution in [0.25, 0.3) is 0 Å². The van der Waals surface area contributed by atoms with Crippen LogP contribution in [0.15, 0.2) is 12.1 Å². The van der Waals surface area contributed by atoms with Crippen molar-refractivity contribution < 1.29 is 17.9 Å². The number of aryl methyl sites for hydroxylation is 1. The molecule has 1 rings (SSSR count). The first-order valence-corrected chi connectivity index (χ1v) is 4.20. The topological polar surface area (TPSA) is 9.23 Å². The molecule has 1 aromatic rings. The molecular weight excluding hydrogens is 217 g/mol. The van der Waals surface area contributed by atoms with E-state index < -0.39 is 6.36 Å². The van der Waals surface area contributed by atoms with Gasteiger partial charge in [0.2, 0.25) is 0 Å². The summed E-state index contributed by atoms with van der Waals surface area (Å²) in [4.78, 5) is 0. The molecule has 0 fully saturated rings. The Morgan fingerprint density at radius 3 is 2.29 bits per heavy atom. The number of hydrogen-bond acceptors (Lipinski definition) is 1. The molecule has 0 saturated carbocycles. The van der Waals surface area contributed by atoms with Crippen molar-refractivity contribution in [1.82, 2.24) is 0 Å². The van der Waals surface area contributed by atoms with Crippen LogP contribution in [0, 0.1) is 13.8 Å². The lowest BCUT2D eigenvalue weighted by Crippen LogP contribution is -2.17. The van der Waals surface area contributed by atoms with Gasteiger partial charge in [0.25, 0.3) is 0 Å². The maximum atomic E-state index is 11.9. The summed E-state index contributed by atoms with van der Waals surface area (Å²) in [6.07, 6.45) is -4.68. The summed E-state index contributed by atoms with van der Waals surface area (Å²) in [5.41, 5.74) is 0.912. The molecule has 0 aliphatic rings. The predicted octanol–water partition coefficient (Wildman–Crippen LogP) is 3.86. The molecule has 78 valence electrons. The molecule has 0 radical (unpaired) electrons. The van der Waals surface area contributed by atoms with Crippen molar-refractivity contribution in [2.24, 2.45) is 0 Å². The Kier molecular flexibility index (Phi) is 2.95. The fourth-order valence-electron chi connectivity index (χ4n) is 1.01. The molecule has 1 nitrogen and oxygen atoms in total. The molecule has 0 N–H and O–H groups in total. The highest BCUT2D eigenvalue weighted by atomic mass is 35.5. The summed E-state index contributed by atoms with van der Waals surface area (Å²) < 4.78 is 39.6. The maximum Gasteiger partial charge on any atom is 0.573 e. The first kappa shape index (κ1) is 11.2. The second-order valence-electron chi connectivity index (χ2n) is 2.92. The van der Waals surface area contributed by atoms with Crippen LogP contribution < -0.4 is 4.74 Å². The van der Waals surface area contributed by atoms with Crippen LogP contribution in [-0.2, 0) is 0 Å². The van der Waals surface area contributed by atoms with Gasteiger partial charge in [-0.2, -0.15) is 0 Å². The molecule has 5 heteroatoms. The SMILES string of the molecule is Cc1cc(Cl)c(C)c(OC(F)(F)F)c1. The largest absolute Gasteiger partial charge is 0.573 e. The van der Waals surface area contributed by atoms with Gasteiger partial charge in [-0.05, 0) is 31.5 Å². The summed E-state index contributed by atoms with van der Waals surface area (Å²) in [5.74, 6) is -0.248. The van der Waals surface area contributed by atoms with Crippen LogP contribution in [-0.4, -0.2) is 6.36 Å². The van der Waals surface area contributed by atoms with Crippen molar-refractivity contribution in [3.8, 4) is 5.75 Å². The van der Waals surface area contributed by atoms with E-state index in [0.717, 1.165) is 0 Å². The second kappa shape index (κ2) is 3.69. The lowest BCUT2D eigenvalue weighted by atomic mass is 10.1. The molecule has 14 heavy (non-hydrogen) atoms. The van der Waals surface area contributed by atoms with E-state index in [1.165, 1.54) is 13.0 Å². The zero-order chi connectivity index (χ0) is 10.9. The Labute approximate surface area is 84.4 Å². The minimum Gasteiger partial charge on any atom is -0.405 e. The Bertz CT molecular complexity index is 347. The van der Waals surface area contributed by atoms with Crippen molar-refractivity contribution in [3.05, 3.63) is 28.3 Å². The quantitative estimate of drug-likeness (QED) is 0.704. The number of halogens is 4. The molecule has 0 spiro atoms. The molecule has 0 unspecified atom stereocenters. The maximum absolute atomic E-state index is 11.9. The standard InChI is InChI=1S/C9H8ClF3O/c1-5-3-7(10)6(2)8(4-5)14-9(11,12)13/h3-4H,1-2H3. The molecular formula is C9H8ClF3O. The zero-order valence-electron chi connectivity index (χ0n) is 7.57. The molecule has 0 bridgehead atoms. The van der Waals surface area contributed by atoms with Crippen LogP contribution in [0.2, 0.25) is 5.02 Å². The van der Waals surface area contributed by atoms with Gasteiger partial charge in [-0.25, -0.2) is 0 Å². The summed E-state index contributed by atoms with van der Waals surface area (Å²) >= 11 is 5.70. The lowest BCUT2D eigenvalue weighted by molar-refractivity contribution is -0.274.